The average Bonchev–Trinajstić information content (AvgIpc) is 2.92. The molecule has 0 saturated heterocycles. The lowest BCUT2D eigenvalue weighted by molar-refractivity contribution is 0.0988. The molecule has 0 amide bonds. The zero-order chi connectivity index (χ0) is 12.8. The molecular formula is C13H15N3O2. The molecule has 0 fully saturated rings. The molecule has 0 bridgehead atoms. The second-order valence-electron chi connectivity index (χ2n) is 3.88. The molecule has 18 heavy (non-hydrogen) atoms. The average molecular weight is 245 g/mol. The quantitative estimate of drug-likeness (QED) is 0.791. The van der Waals surface area contributed by atoms with Crippen molar-refractivity contribution < 1.29 is 9.32 Å². The number of hydrogen-bond acceptors (Lipinski definition) is 5. The van der Waals surface area contributed by atoms with Crippen LogP contribution in [-0.2, 0) is 6.42 Å². The molecule has 1 aromatic carbocycles. The number of hydrogen-bond donors (Lipinski definition) is 1. The summed E-state index contributed by atoms with van der Waals surface area (Å²) in [4.78, 5) is 15.4. The van der Waals surface area contributed by atoms with Crippen molar-refractivity contribution in [3.05, 3.63) is 42.0 Å². The molecule has 5 heteroatoms. The minimum Gasteiger partial charge on any atom is -0.385 e. The van der Waals surface area contributed by atoms with E-state index >= 15 is 0 Å². The van der Waals surface area contributed by atoms with E-state index in [1.807, 2.05) is 31.2 Å². The maximum Gasteiger partial charge on any atom is 0.213 e. The van der Waals surface area contributed by atoms with Gasteiger partial charge < -0.3 is 9.84 Å². The molecule has 0 aliphatic carbocycles. The van der Waals surface area contributed by atoms with Crippen LogP contribution in [0.25, 0.3) is 0 Å². The molecule has 1 heterocycles. The smallest absolute Gasteiger partial charge is 0.213 e. The molecule has 94 valence electrons. The van der Waals surface area contributed by atoms with Crippen LogP contribution < -0.4 is 5.32 Å². The highest BCUT2D eigenvalue weighted by Crippen LogP contribution is 2.11. The van der Waals surface area contributed by atoms with Gasteiger partial charge in [0.15, 0.2) is 11.6 Å². The number of rotatable bonds is 6. The molecule has 0 unspecified atom stereocenters. The van der Waals surface area contributed by atoms with E-state index < -0.39 is 0 Å². The van der Waals surface area contributed by atoms with Gasteiger partial charge in [0.25, 0.3) is 0 Å². The second kappa shape index (κ2) is 5.95. The number of Topliss-reactive ketones (excluding diaryl/α,β-unsaturated/α-hetero) is 1. The number of nitrogens with zero attached hydrogens (tertiary/aromatic N) is 2. The molecule has 2 rings (SSSR count). The molecule has 0 radical (unpaired) electrons. The Morgan fingerprint density at radius 3 is 2.72 bits per heavy atom. The monoisotopic (exact) mass is 245 g/mol. The second-order valence-corrected chi connectivity index (χ2v) is 3.88. The number of ketones is 1. The third kappa shape index (κ3) is 3.16. The summed E-state index contributed by atoms with van der Waals surface area (Å²) < 4.78 is 4.65. The Balaban J connectivity index is 1.85. The Morgan fingerprint density at radius 1 is 1.33 bits per heavy atom. The summed E-state index contributed by atoms with van der Waals surface area (Å²) in [7, 11) is 0. The molecule has 0 atom stereocenters. The van der Waals surface area contributed by atoms with Crippen LogP contribution in [-0.4, -0.2) is 22.5 Å². The van der Waals surface area contributed by atoms with Gasteiger partial charge in [-0.3, -0.25) is 4.79 Å². The Hall–Kier alpha value is -2.17. The lowest BCUT2D eigenvalue weighted by atomic mass is 10.1. The van der Waals surface area contributed by atoms with Crippen molar-refractivity contribution in [2.45, 2.75) is 19.8 Å². The van der Waals surface area contributed by atoms with E-state index in [0.717, 1.165) is 17.8 Å². The van der Waals surface area contributed by atoms with E-state index in [4.69, 9.17) is 0 Å². The summed E-state index contributed by atoms with van der Waals surface area (Å²) in [6.45, 7) is 2.58. The standard InChI is InChI=1S/C13H15N3O2/c1-2-12(17)10-3-5-11(6-4-10)14-8-7-13-15-9-18-16-13/h3-6,9,14H,2,7-8H2,1H3. The maximum atomic E-state index is 11.4. The van der Waals surface area contributed by atoms with Gasteiger partial charge in [-0.05, 0) is 24.3 Å². The normalized spacial score (nSPS) is 10.3. The van der Waals surface area contributed by atoms with Crippen molar-refractivity contribution in [2.75, 3.05) is 11.9 Å². The highest BCUT2D eigenvalue weighted by molar-refractivity contribution is 5.96. The first kappa shape index (κ1) is 12.3. The highest BCUT2D eigenvalue weighted by Gasteiger charge is 2.02. The molecule has 1 N–H and O–H groups in total. The van der Waals surface area contributed by atoms with Crippen molar-refractivity contribution in [3.8, 4) is 0 Å². The van der Waals surface area contributed by atoms with Gasteiger partial charge in [-0.2, -0.15) is 4.98 Å². The predicted octanol–water partition coefficient (Wildman–Crippen LogP) is 2.32. The fourth-order valence-corrected chi connectivity index (χ4v) is 1.60. The van der Waals surface area contributed by atoms with E-state index in [0.29, 0.717) is 18.7 Å². The Kier molecular flexibility index (Phi) is 4.06. The first-order valence-corrected chi connectivity index (χ1v) is 5.92. The number of nitrogens with one attached hydrogen (secondary N) is 1. The van der Waals surface area contributed by atoms with E-state index in [1.54, 1.807) is 0 Å². The summed E-state index contributed by atoms with van der Waals surface area (Å²) in [6, 6.07) is 7.48. The fraction of sp³-hybridized carbons (Fsp3) is 0.308. The van der Waals surface area contributed by atoms with Crippen LogP contribution in [0.4, 0.5) is 5.69 Å². The van der Waals surface area contributed by atoms with Crippen molar-refractivity contribution in [1.82, 2.24) is 10.1 Å². The molecular weight excluding hydrogens is 230 g/mol. The Morgan fingerprint density at radius 2 is 2.11 bits per heavy atom. The van der Waals surface area contributed by atoms with Crippen LogP contribution in [0.1, 0.15) is 29.5 Å². The molecule has 0 aliphatic rings. The maximum absolute atomic E-state index is 11.4. The zero-order valence-electron chi connectivity index (χ0n) is 10.2. The minimum absolute atomic E-state index is 0.161. The van der Waals surface area contributed by atoms with Gasteiger partial charge in [0.05, 0.1) is 0 Å². The van der Waals surface area contributed by atoms with Gasteiger partial charge in [-0.15, -0.1) is 0 Å². The van der Waals surface area contributed by atoms with Crippen molar-refractivity contribution in [3.63, 3.8) is 0 Å². The van der Waals surface area contributed by atoms with Gasteiger partial charge >= 0.3 is 0 Å². The Labute approximate surface area is 105 Å². The Bertz CT molecular complexity index is 491. The number of carbonyl (C=O) groups is 1. The minimum atomic E-state index is 0.161. The molecule has 0 saturated carbocycles. The molecule has 0 aliphatic heterocycles. The van der Waals surface area contributed by atoms with E-state index in [2.05, 4.69) is 20.0 Å². The van der Waals surface area contributed by atoms with Gasteiger partial charge in [-0.1, -0.05) is 12.1 Å². The first-order chi connectivity index (χ1) is 8.79. The molecule has 0 spiro atoms. The SMILES string of the molecule is CCC(=O)c1ccc(NCCc2ncon2)cc1. The first-order valence-electron chi connectivity index (χ1n) is 5.92. The summed E-state index contributed by atoms with van der Waals surface area (Å²) in [6.07, 6.45) is 2.55. The summed E-state index contributed by atoms with van der Waals surface area (Å²) in [5.41, 5.74) is 1.73. The van der Waals surface area contributed by atoms with Gasteiger partial charge in [0.2, 0.25) is 6.39 Å². The predicted molar refractivity (Wildman–Crippen MR) is 67.6 cm³/mol. The lowest BCUT2D eigenvalue weighted by Crippen LogP contribution is -2.06. The van der Waals surface area contributed by atoms with Crippen LogP contribution in [0.2, 0.25) is 0 Å². The van der Waals surface area contributed by atoms with E-state index in [-0.39, 0.29) is 5.78 Å². The van der Waals surface area contributed by atoms with Crippen LogP contribution in [0, 0.1) is 0 Å². The van der Waals surface area contributed by atoms with Crippen LogP contribution in [0.15, 0.2) is 35.2 Å². The van der Waals surface area contributed by atoms with Crippen LogP contribution >= 0.6 is 0 Å². The summed E-state index contributed by atoms with van der Waals surface area (Å²) >= 11 is 0. The number of anilines is 1. The third-order valence-corrected chi connectivity index (χ3v) is 2.61. The lowest BCUT2D eigenvalue weighted by Gasteiger charge is -2.05. The number of benzene rings is 1. The van der Waals surface area contributed by atoms with Gasteiger partial charge in [-0.25, -0.2) is 0 Å². The summed E-state index contributed by atoms with van der Waals surface area (Å²) in [5.74, 6) is 0.841. The third-order valence-electron chi connectivity index (χ3n) is 2.61. The summed E-state index contributed by atoms with van der Waals surface area (Å²) in [5, 5.41) is 6.96. The highest BCUT2D eigenvalue weighted by atomic mass is 16.5. The largest absolute Gasteiger partial charge is 0.385 e. The van der Waals surface area contributed by atoms with Crippen LogP contribution in [0.5, 0.6) is 0 Å². The fourth-order valence-electron chi connectivity index (χ4n) is 1.60. The topological polar surface area (TPSA) is 68.0 Å². The van der Waals surface area contributed by atoms with Crippen molar-refractivity contribution >= 4 is 11.5 Å². The molecule has 2 aromatic rings. The van der Waals surface area contributed by atoms with Gasteiger partial charge in [0.1, 0.15) is 0 Å². The van der Waals surface area contributed by atoms with E-state index in [1.165, 1.54) is 6.39 Å². The van der Waals surface area contributed by atoms with Gasteiger partial charge in [0, 0.05) is 30.6 Å². The number of carbonyl (C=O) groups excluding carboxylic acids is 1. The van der Waals surface area contributed by atoms with Crippen molar-refractivity contribution in [1.29, 1.82) is 0 Å². The van der Waals surface area contributed by atoms with E-state index in [9.17, 15) is 4.79 Å². The van der Waals surface area contributed by atoms with Crippen molar-refractivity contribution in [2.24, 2.45) is 0 Å². The molecule has 1 aromatic heterocycles. The number of aromatic nitrogens is 2. The van der Waals surface area contributed by atoms with Crippen LogP contribution in [0.3, 0.4) is 0 Å². The zero-order valence-corrected chi connectivity index (χ0v) is 10.2. The molecule has 5 nitrogen and oxygen atoms in total.